The first-order valence-corrected chi connectivity index (χ1v) is 6.37. The van der Waals surface area contributed by atoms with Gasteiger partial charge in [-0.1, -0.05) is 20.8 Å². The molecule has 0 aromatic carbocycles. The first-order valence-electron chi connectivity index (χ1n) is 5.29. The fraction of sp³-hybridized carbons (Fsp3) is 0.583. The summed E-state index contributed by atoms with van der Waals surface area (Å²) in [6, 6.07) is 2.09. The smallest absolute Gasteiger partial charge is 0.142 e. The third-order valence-electron chi connectivity index (χ3n) is 2.35. The molecule has 0 atom stereocenters. The third kappa shape index (κ3) is 2.83. The van der Waals surface area contributed by atoms with Gasteiger partial charge in [-0.05, 0) is 41.5 Å². The number of pyridine rings is 1. The summed E-state index contributed by atoms with van der Waals surface area (Å²) in [5.41, 5.74) is 1.11. The lowest BCUT2D eigenvalue weighted by molar-refractivity contribution is 0.292. The molecule has 0 unspecified atom stereocenters. The number of hydrogen-bond acceptors (Lipinski definition) is 2. The fourth-order valence-corrected chi connectivity index (χ4v) is 1.86. The van der Waals surface area contributed by atoms with E-state index in [-0.39, 0.29) is 5.41 Å². The van der Waals surface area contributed by atoms with Gasteiger partial charge in [0.05, 0.1) is 11.8 Å². The number of rotatable bonds is 2. The zero-order valence-corrected chi connectivity index (χ0v) is 11.5. The Kier molecular flexibility index (Phi) is 2.92. The molecule has 0 aliphatic heterocycles. The molecule has 2 rings (SSSR count). The Labute approximate surface area is 105 Å². The third-order valence-corrected chi connectivity index (χ3v) is 2.94. The molecular formula is C12H16INO. The Morgan fingerprint density at radius 2 is 2.07 bits per heavy atom. The molecule has 1 fully saturated rings. The second kappa shape index (κ2) is 3.92. The van der Waals surface area contributed by atoms with Gasteiger partial charge in [-0.2, -0.15) is 0 Å². The van der Waals surface area contributed by atoms with E-state index >= 15 is 0 Å². The lowest BCUT2D eigenvalue weighted by atomic mass is 9.91. The lowest BCUT2D eigenvalue weighted by Gasteiger charge is -2.21. The van der Waals surface area contributed by atoms with Crippen molar-refractivity contribution in [1.29, 1.82) is 0 Å². The Morgan fingerprint density at radius 1 is 1.40 bits per heavy atom. The van der Waals surface area contributed by atoms with Crippen molar-refractivity contribution < 1.29 is 4.74 Å². The summed E-state index contributed by atoms with van der Waals surface area (Å²) in [5, 5.41) is 0. The maximum atomic E-state index is 5.90. The van der Waals surface area contributed by atoms with Crippen LogP contribution in [0.2, 0.25) is 0 Å². The minimum absolute atomic E-state index is 0.0502. The summed E-state index contributed by atoms with van der Waals surface area (Å²) in [5.74, 6) is 0.969. The Hall–Kier alpha value is -0.320. The highest BCUT2D eigenvalue weighted by atomic mass is 127. The van der Waals surface area contributed by atoms with Gasteiger partial charge in [-0.25, -0.2) is 0 Å². The average Bonchev–Trinajstić information content (AvgIpc) is 2.85. The number of nitrogens with zero attached hydrogens (tertiary/aromatic N) is 1. The van der Waals surface area contributed by atoms with Crippen LogP contribution in [0.3, 0.4) is 0 Å². The quantitative estimate of drug-likeness (QED) is 0.779. The van der Waals surface area contributed by atoms with Gasteiger partial charge in [-0.15, -0.1) is 0 Å². The summed E-state index contributed by atoms with van der Waals surface area (Å²) in [6.07, 6.45) is 4.72. The van der Waals surface area contributed by atoms with Crippen LogP contribution < -0.4 is 4.74 Å². The zero-order chi connectivity index (χ0) is 11.1. The molecule has 1 aliphatic rings. The van der Waals surface area contributed by atoms with Gasteiger partial charge in [0.25, 0.3) is 0 Å². The van der Waals surface area contributed by atoms with Crippen LogP contribution >= 0.6 is 22.6 Å². The second-order valence-corrected chi connectivity index (χ2v) is 6.31. The predicted octanol–water partition coefficient (Wildman–Crippen LogP) is 3.52. The van der Waals surface area contributed by atoms with Crippen LogP contribution in [0, 0.1) is 3.57 Å². The molecular weight excluding hydrogens is 301 g/mol. The topological polar surface area (TPSA) is 22.1 Å². The molecule has 0 bridgehead atoms. The van der Waals surface area contributed by atoms with Gasteiger partial charge in [0.2, 0.25) is 0 Å². The molecule has 1 aromatic heterocycles. The van der Waals surface area contributed by atoms with Gasteiger partial charge in [-0.3, -0.25) is 4.98 Å². The number of halogens is 1. The van der Waals surface area contributed by atoms with Crippen LogP contribution in [0.5, 0.6) is 5.75 Å². The van der Waals surface area contributed by atoms with E-state index < -0.39 is 0 Å². The SMILES string of the molecule is CC(C)(C)c1ncc(I)cc1OC1CC1. The van der Waals surface area contributed by atoms with Crippen molar-refractivity contribution >= 4 is 22.6 Å². The van der Waals surface area contributed by atoms with E-state index in [4.69, 9.17) is 4.74 Å². The maximum absolute atomic E-state index is 5.90. The van der Waals surface area contributed by atoms with E-state index in [0.717, 1.165) is 15.0 Å². The van der Waals surface area contributed by atoms with Crippen LogP contribution in [0.15, 0.2) is 12.3 Å². The summed E-state index contributed by atoms with van der Waals surface area (Å²) >= 11 is 2.27. The van der Waals surface area contributed by atoms with Gasteiger partial charge in [0.1, 0.15) is 5.75 Å². The van der Waals surface area contributed by atoms with Gasteiger partial charge < -0.3 is 4.74 Å². The van der Waals surface area contributed by atoms with Gasteiger partial charge >= 0.3 is 0 Å². The van der Waals surface area contributed by atoms with E-state index in [2.05, 4.69) is 54.4 Å². The molecule has 3 heteroatoms. The summed E-state index contributed by atoms with van der Waals surface area (Å²) in [4.78, 5) is 4.50. The Morgan fingerprint density at radius 3 is 2.60 bits per heavy atom. The van der Waals surface area contributed by atoms with Crippen molar-refractivity contribution in [3.8, 4) is 5.75 Å². The molecule has 0 N–H and O–H groups in total. The van der Waals surface area contributed by atoms with Crippen LogP contribution in [0.4, 0.5) is 0 Å². The molecule has 1 aliphatic carbocycles. The molecule has 0 spiro atoms. The van der Waals surface area contributed by atoms with Crippen LogP contribution in [-0.4, -0.2) is 11.1 Å². The van der Waals surface area contributed by atoms with Crippen LogP contribution in [-0.2, 0) is 5.41 Å². The van der Waals surface area contributed by atoms with Crippen molar-refractivity contribution in [3.63, 3.8) is 0 Å². The highest BCUT2D eigenvalue weighted by molar-refractivity contribution is 14.1. The lowest BCUT2D eigenvalue weighted by Crippen LogP contribution is -2.16. The van der Waals surface area contributed by atoms with E-state index in [1.807, 2.05) is 6.20 Å². The van der Waals surface area contributed by atoms with Crippen molar-refractivity contribution in [3.05, 3.63) is 21.5 Å². The molecule has 82 valence electrons. The van der Waals surface area contributed by atoms with Crippen molar-refractivity contribution in [2.24, 2.45) is 0 Å². The monoisotopic (exact) mass is 317 g/mol. The molecule has 1 aromatic rings. The predicted molar refractivity (Wildman–Crippen MR) is 69.3 cm³/mol. The number of aromatic nitrogens is 1. The second-order valence-electron chi connectivity index (χ2n) is 5.07. The highest BCUT2D eigenvalue weighted by Crippen LogP contribution is 2.34. The van der Waals surface area contributed by atoms with Crippen molar-refractivity contribution in [1.82, 2.24) is 4.98 Å². The minimum atomic E-state index is 0.0502. The number of hydrogen-bond donors (Lipinski definition) is 0. The summed E-state index contributed by atoms with van der Waals surface area (Å²) < 4.78 is 7.03. The average molecular weight is 317 g/mol. The molecule has 15 heavy (non-hydrogen) atoms. The van der Waals surface area contributed by atoms with Gasteiger partial charge in [0.15, 0.2) is 0 Å². The molecule has 1 saturated carbocycles. The first kappa shape index (κ1) is 11.2. The molecule has 1 heterocycles. The van der Waals surface area contributed by atoms with Crippen LogP contribution in [0.1, 0.15) is 39.3 Å². The van der Waals surface area contributed by atoms with E-state index in [0.29, 0.717) is 6.10 Å². The Balaban J connectivity index is 2.34. The zero-order valence-electron chi connectivity index (χ0n) is 9.38. The fourth-order valence-electron chi connectivity index (χ4n) is 1.44. The number of ether oxygens (including phenoxy) is 1. The van der Waals surface area contributed by atoms with Crippen molar-refractivity contribution in [2.45, 2.75) is 45.1 Å². The van der Waals surface area contributed by atoms with Gasteiger partial charge in [0, 0.05) is 15.2 Å². The standard InChI is InChI=1S/C12H16INO/c1-12(2,3)11-10(15-9-4-5-9)6-8(13)7-14-11/h6-7,9H,4-5H2,1-3H3. The van der Waals surface area contributed by atoms with E-state index in [1.54, 1.807) is 0 Å². The summed E-state index contributed by atoms with van der Waals surface area (Å²) in [7, 11) is 0. The summed E-state index contributed by atoms with van der Waals surface area (Å²) in [6.45, 7) is 6.51. The van der Waals surface area contributed by atoms with E-state index in [9.17, 15) is 0 Å². The van der Waals surface area contributed by atoms with Crippen molar-refractivity contribution in [2.75, 3.05) is 0 Å². The minimum Gasteiger partial charge on any atom is -0.488 e. The van der Waals surface area contributed by atoms with E-state index in [1.165, 1.54) is 12.8 Å². The maximum Gasteiger partial charge on any atom is 0.142 e. The largest absolute Gasteiger partial charge is 0.488 e. The normalized spacial score (nSPS) is 16.5. The molecule has 2 nitrogen and oxygen atoms in total. The molecule has 0 saturated heterocycles. The highest BCUT2D eigenvalue weighted by Gasteiger charge is 2.28. The molecule has 0 radical (unpaired) electrons. The van der Waals surface area contributed by atoms with Crippen LogP contribution in [0.25, 0.3) is 0 Å². The first-order chi connectivity index (χ1) is 6.97. The Bertz CT molecular complexity index is 366. The molecule has 0 amide bonds.